The lowest BCUT2D eigenvalue weighted by atomic mass is 9.95. The molecule has 0 aliphatic carbocycles. The number of aromatic nitrogens is 1. The molecule has 1 aliphatic rings. The molecule has 198 valence electrons. The van der Waals surface area contributed by atoms with Gasteiger partial charge in [0.1, 0.15) is 11.5 Å². The van der Waals surface area contributed by atoms with Gasteiger partial charge in [0.05, 0.1) is 23.1 Å². The Hall–Kier alpha value is -4.02. The van der Waals surface area contributed by atoms with E-state index < -0.39 is 27.8 Å². The summed E-state index contributed by atoms with van der Waals surface area (Å²) < 4.78 is 31.6. The zero-order valence-corrected chi connectivity index (χ0v) is 22.2. The van der Waals surface area contributed by atoms with Crippen molar-refractivity contribution in [2.24, 2.45) is 0 Å². The van der Waals surface area contributed by atoms with Crippen LogP contribution in [0.1, 0.15) is 36.1 Å². The Kier molecular flexibility index (Phi) is 7.94. The van der Waals surface area contributed by atoms with E-state index in [-0.39, 0.29) is 28.3 Å². The van der Waals surface area contributed by atoms with Gasteiger partial charge in [-0.3, -0.25) is 14.6 Å². The summed E-state index contributed by atoms with van der Waals surface area (Å²) in [6, 6.07) is 15.2. The molecule has 1 atom stereocenters. The van der Waals surface area contributed by atoms with Gasteiger partial charge in [-0.2, -0.15) is 0 Å². The van der Waals surface area contributed by atoms with Crippen molar-refractivity contribution in [1.29, 1.82) is 0 Å². The Morgan fingerprint density at radius 2 is 1.74 bits per heavy atom. The third kappa shape index (κ3) is 5.32. The van der Waals surface area contributed by atoms with Gasteiger partial charge < -0.3 is 14.7 Å². The fourth-order valence-electron chi connectivity index (χ4n) is 4.20. The van der Waals surface area contributed by atoms with Gasteiger partial charge >= 0.3 is 0 Å². The summed E-state index contributed by atoms with van der Waals surface area (Å²) in [6.45, 7) is 2.66. The molecule has 10 heteroatoms. The van der Waals surface area contributed by atoms with E-state index in [0.29, 0.717) is 17.9 Å². The van der Waals surface area contributed by atoms with Gasteiger partial charge in [0.25, 0.3) is 11.7 Å². The Morgan fingerprint density at radius 1 is 1.05 bits per heavy atom. The topological polar surface area (TPSA) is 117 Å². The largest absolute Gasteiger partial charge is 0.507 e. The molecule has 4 rings (SSSR count). The first-order valence-corrected chi connectivity index (χ1v) is 13.5. The second-order valence-electron chi connectivity index (χ2n) is 9.02. The van der Waals surface area contributed by atoms with Crippen molar-refractivity contribution in [3.63, 3.8) is 0 Å². The molecule has 1 amide bonds. The predicted molar refractivity (Wildman–Crippen MR) is 142 cm³/mol. The Morgan fingerprint density at radius 3 is 2.32 bits per heavy atom. The number of hydrogen-bond donors (Lipinski definition) is 1. The van der Waals surface area contributed by atoms with Crippen LogP contribution in [0.15, 0.2) is 83.5 Å². The minimum atomic E-state index is -3.68. The molecule has 2 aromatic carbocycles. The number of hydrogen-bond acceptors (Lipinski definition) is 7. The summed E-state index contributed by atoms with van der Waals surface area (Å²) >= 11 is 0. The number of carbonyl (C=O) groups excluding carboxylic acids is 2. The second kappa shape index (κ2) is 11.2. The summed E-state index contributed by atoms with van der Waals surface area (Å²) in [4.78, 5) is 32.0. The van der Waals surface area contributed by atoms with Crippen molar-refractivity contribution in [2.75, 3.05) is 20.7 Å². The molecule has 1 fully saturated rings. The Balaban J connectivity index is 1.79. The van der Waals surface area contributed by atoms with Gasteiger partial charge in [0.15, 0.2) is 0 Å². The highest BCUT2D eigenvalue weighted by Crippen LogP contribution is 2.40. The monoisotopic (exact) mass is 535 g/mol. The summed E-state index contributed by atoms with van der Waals surface area (Å²) in [5.74, 6) is -1.31. The number of benzene rings is 2. The number of Topliss-reactive ketones (excluding diaryl/α,β-unsaturated/α-hetero) is 1. The number of rotatable bonds is 9. The number of ketones is 1. The lowest BCUT2D eigenvalue weighted by Gasteiger charge is -2.25. The van der Waals surface area contributed by atoms with Crippen molar-refractivity contribution in [2.45, 2.75) is 30.8 Å². The maximum Gasteiger partial charge on any atom is 0.295 e. The molecular formula is C28H29N3O6S. The van der Waals surface area contributed by atoms with Crippen molar-refractivity contribution < 1.29 is 27.9 Å². The molecule has 0 spiro atoms. The van der Waals surface area contributed by atoms with Crippen molar-refractivity contribution in [1.82, 2.24) is 14.2 Å². The standard InChI is InChI=1S/C28H29N3O6S/c1-4-16-37-22-11-7-20(8-12-22)25-24(27(33)28(34)31(25)18-19-6-5-15-29-17-19)26(32)21-9-13-23(14-10-21)38(35,36)30(2)3/h5-15,17,25,32H,4,16,18H2,1-3H3/b26-24+. The van der Waals surface area contributed by atoms with Gasteiger partial charge in [-0.25, -0.2) is 12.7 Å². The van der Waals surface area contributed by atoms with Crippen LogP contribution in [0.2, 0.25) is 0 Å². The fourth-order valence-corrected chi connectivity index (χ4v) is 5.10. The summed E-state index contributed by atoms with van der Waals surface area (Å²) in [7, 11) is -0.833. The van der Waals surface area contributed by atoms with E-state index in [0.717, 1.165) is 16.3 Å². The lowest BCUT2D eigenvalue weighted by molar-refractivity contribution is -0.140. The summed E-state index contributed by atoms with van der Waals surface area (Å²) in [6.07, 6.45) is 4.08. The van der Waals surface area contributed by atoms with E-state index in [1.54, 1.807) is 48.8 Å². The van der Waals surface area contributed by atoms with Crippen molar-refractivity contribution in [3.05, 3.63) is 95.3 Å². The van der Waals surface area contributed by atoms with E-state index in [2.05, 4.69) is 4.98 Å². The lowest BCUT2D eigenvalue weighted by Crippen LogP contribution is -2.29. The van der Waals surface area contributed by atoms with Crippen LogP contribution >= 0.6 is 0 Å². The zero-order valence-electron chi connectivity index (χ0n) is 21.4. The van der Waals surface area contributed by atoms with E-state index >= 15 is 0 Å². The molecule has 1 unspecified atom stereocenters. The summed E-state index contributed by atoms with van der Waals surface area (Å²) in [5, 5.41) is 11.3. The van der Waals surface area contributed by atoms with Gasteiger partial charge in [-0.05, 0) is 60.0 Å². The second-order valence-corrected chi connectivity index (χ2v) is 11.2. The normalized spacial score (nSPS) is 17.3. The maximum absolute atomic E-state index is 13.3. The van der Waals surface area contributed by atoms with Gasteiger partial charge in [-0.15, -0.1) is 0 Å². The van der Waals surface area contributed by atoms with E-state index in [9.17, 15) is 23.1 Å². The molecule has 1 saturated heterocycles. The quantitative estimate of drug-likeness (QED) is 0.252. The average molecular weight is 536 g/mol. The van der Waals surface area contributed by atoms with E-state index in [1.807, 2.05) is 6.92 Å². The SMILES string of the molecule is CCCOc1ccc(C2/C(=C(\O)c3ccc(S(=O)(=O)N(C)C)cc3)C(=O)C(=O)N2Cc2cccnc2)cc1. The van der Waals surface area contributed by atoms with Crippen LogP contribution in [0.4, 0.5) is 0 Å². The Labute approximate surface area is 222 Å². The Bertz CT molecular complexity index is 1450. The van der Waals surface area contributed by atoms with Crippen LogP contribution in [-0.2, 0) is 26.2 Å². The average Bonchev–Trinajstić information content (AvgIpc) is 3.17. The van der Waals surface area contributed by atoms with Gasteiger partial charge in [0, 0.05) is 38.6 Å². The number of nitrogens with zero attached hydrogens (tertiary/aromatic N) is 3. The number of aliphatic hydroxyl groups excluding tert-OH is 1. The zero-order chi connectivity index (χ0) is 27.4. The highest BCUT2D eigenvalue weighted by molar-refractivity contribution is 7.89. The predicted octanol–water partition coefficient (Wildman–Crippen LogP) is 3.74. The third-order valence-corrected chi connectivity index (χ3v) is 8.02. The van der Waals surface area contributed by atoms with Gasteiger partial charge in [0.2, 0.25) is 10.0 Å². The molecular weight excluding hydrogens is 506 g/mol. The molecule has 38 heavy (non-hydrogen) atoms. The van der Waals surface area contributed by atoms with Crippen LogP contribution in [0.5, 0.6) is 5.75 Å². The van der Waals surface area contributed by atoms with Crippen molar-refractivity contribution >= 4 is 27.5 Å². The van der Waals surface area contributed by atoms with Crippen LogP contribution in [0.3, 0.4) is 0 Å². The first-order valence-electron chi connectivity index (χ1n) is 12.1. The van der Waals surface area contributed by atoms with Crippen LogP contribution in [0, 0.1) is 0 Å². The smallest absolute Gasteiger partial charge is 0.295 e. The number of carbonyl (C=O) groups is 2. The van der Waals surface area contributed by atoms with Crippen molar-refractivity contribution in [3.8, 4) is 5.75 Å². The van der Waals surface area contributed by atoms with Crippen LogP contribution in [-0.4, -0.2) is 60.1 Å². The first kappa shape index (κ1) is 27.0. The minimum Gasteiger partial charge on any atom is -0.507 e. The molecule has 9 nitrogen and oxygen atoms in total. The van der Waals surface area contributed by atoms with E-state index in [1.165, 1.54) is 43.3 Å². The number of likely N-dealkylation sites (tertiary alicyclic amines) is 1. The summed E-state index contributed by atoms with van der Waals surface area (Å²) in [5.41, 5.74) is 1.48. The van der Waals surface area contributed by atoms with Crippen LogP contribution < -0.4 is 4.74 Å². The molecule has 0 radical (unpaired) electrons. The number of amides is 1. The number of aliphatic hydroxyl groups is 1. The maximum atomic E-state index is 13.3. The highest BCUT2D eigenvalue weighted by Gasteiger charge is 2.46. The minimum absolute atomic E-state index is 0.0373. The molecule has 0 saturated carbocycles. The number of pyridine rings is 1. The number of sulfonamides is 1. The van der Waals surface area contributed by atoms with Gasteiger partial charge in [-0.1, -0.05) is 25.1 Å². The molecule has 3 aromatic rings. The first-order chi connectivity index (χ1) is 18.1. The molecule has 0 bridgehead atoms. The van der Waals surface area contributed by atoms with E-state index in [4.69, 9.17) is 4.74 Å². The number of ether oxygens (including phenoxy) is 1. The molecule has 2 heterocycles. The third-order valence-electron chi connectivity index (χ3n) is 6.19. The molecule has 1 N–H and O–H groups in total. The molecule has 1 aromatic heterocycles. The van der Waals surface area contributed by atoms with Crippen LogP contribution in [0.25, 0.3) is 5.76 Å². The fraction of sp³-hybridized carbons (Fsp3) is 0.250. The molecule has 1 aliphatic heterocycles. The highest BCUT2D eigenvalue weighted by atomic mass is 32.2.